The summed E-state index contributed by atoms with van der Waals surface area (Å²) in [6.45, 7) is 1.87. The van der Waals surface area contributed by atoms with Crippen LogP contribution in [0.15, 0.2) is 42.6 Å². The highest BCUT2D eigenvalue weighted by Crippen LogP contribution is 2.31. The standard InChI is InChI=1S/C15H10Cl2N2/c1-9-13(16)7-11(8-18-9)12-6-10-4-2-3-5-14(10)19-15(12)17/h2-8H,1H3. The summed E-state index contributed by atoms with van der Waals surface area (Å²) in [4.78, 5) is 8.66. The van der Waals surface area contributed by atoms with Crippen LogP contribution in [0.4, 0.5) is 0 Å². The lowest BCUT2D eigenvalue weighted by molar-refractivity contribution is 1.20. The smallest absolute Gasteiger partial charge is 0.137 e. The highest BCUT2D eigenvalue weighted by Gasteiger charge is 2.09. The zero-order chi connectivity index (χ0) is 13.4. The number of fused-ring (bicyclic) bond motifs is 1. The van der Waals surface area contributed by atoms with E-state index in [0.717, 1.165) is 27.7 Å². The van der Waals surface area contributed by atoms with E-state index in [-0.39, 0.29) is 0 Å². The van der Waals surface area contributed by atoms with E-state index in [1.807, 2.05) is 43.3 Å². The maximum absolute atomic E-state index is 6.25. The van der Waals surface area contributed by atoms with Gasteiger partial charge in [0.1, 0.15) is 5.15 Å². The lowest BCUT2D eigenvalue weighted by atomic mass is 10.1. The number of rotatable bonds is 1. The Hall–Kier alpha value is -1.64. The summed E-state index contributed by atoms with van der Waals surface area (Å²) in [5, 5.41) is 2.13. The van der Waals surface area contributed by atoms with E-state index in [9.17, 15) is 0 Å². The molecule has 2 aromatic heterocycles. The minimum atomic E-state index is 0.459. The van der Waals surface area contributed by atoms with Crippen LogP contribution < -0.4 is 0 Å². The molecule has 0 aliphatic carbocycles. The zero-order valence-corrected chi connectivity index (χ0v) is 11.7. The number of aryl methyl sites for hydroxylation is 1. The molecule has 0 unspecified atom stereocenters. The van der Waals surface area contributed by atoms with Gasteiger partial charge < -0.3 is 0 Å². The number of benzene rings is 1. The van der Waals surface area contributed by atoms with Gasteiger partial charge in [0.15, 0.2) is 0 Å². The van der Waals surface area contributed by atoms with Crippen molar-refractivity contribution in [2.75, 3.05) is 0 Å². The van der Waals surface area contributed by atoms with Crippen molar-refractivity contribution < 1.29 is 0 Å². The molecular weight excluding hydrogens is 279 g/mol. The van der Waals surface area contributed by atoms with Crippen LogP contribution >= 0.6 is 23.2 Å². The summed E-state index contributed by atoms with van der Waals surface area (Å²) in [5.41, 5.74) is 3.39. The first-order valence-corrected chi connectivity index (χ1v) is 6.58. The molecule has 1 aromatic carbocycles. The second-order valence-electron chi connectivity index (χ2n) is 4.31. The molecule has 0 saturated carbocycles. The fraction of sp³-hybridized carbons (Fsp3) is 0.0667. The molecule has 19 heavy (non-hydrogen) atoms. The van der Waals surface area contributed by atoms with Crippen LogP contribution in [0.5, 0.6) is 0 Å². The van der Waals surface area contributed by atoms with Crippen molar-refractivity contribution in [1.82, 2.24) is 9.97 Å². The molecule has 0 saturated heterocycles. The lowest BCUT2D eigenvalue weighted by Gasteiger charge is -2.07. The Balaban J connectivity index is 2.23. The van der Waals surface area contributed by atoms with Gasteiger partial charge in [0, 0.05) is 22.7 Å². The summed E-state index contributed by atoms with van der Waals surface area (Å²) in [6, 6.07) is 11.7. The quantitative estimate of drug-likeness (QED) is 0.595. The molecule has 0 aliphatic rings. The first-order valence-electron chi connectivity index (χ1n) is 5.83. The number of aromatic nitrogens is 2. The molecule has 0 aliphatic heterocycles. The third kappa shape index (κ3) is 2.29. The van der Waals surface area contributed by atoms with Gasteiger partial charge in [0.25, 0.3) is 0 Å². The van der Waals surface area contributed by atoms with E-state index in [1.54, 1.807) is 6.20 Å². The van der Waals surface area contributed by atoms with Gasteiger partial charge in [0.2, 0.25) is 0 Å². The topological polar surface area (TPSA) is 25.8 Å². The second-order valence-corrected chi connectivity index (χ2v) is 5.08. The van der Waals surface area contributed by atoms with Crippen molar-refractivity contribution in [1.29, 1.82) is 0 Å². The van der Waals surface area contributed by atoms with Gasteiger partial charge in [-0.25, -0.2) is 4.98 Å². The minimum Gasteiger partial charge on any atom is -0.259 e. The van der Waals surface area contributed by atoms with Crippen molar-refractivity contribution in [3.05, 3.63) is 58.5 Å². The van der Waals surface area contributed by atoms with Gasteiger partial charge in [-0.2, -0.15) is 0 Å². The molecule has 94 valence electrons. The predicted molar refractivity (Wildman–Crippen MR) is 79.7 cm³/mol. The first-order chi connectivity index (χ1) is 9.15. The zero-order valence-electron chi connectivity index (χ0n) is 10.2. The van der Waals surface area contributed by atoms with Crippen molar-refractivity contribution in [3.8, 4) is 11.1 Å². The number of halogens is 2. The molecule has 2 heterocycles. The van der Waals surface area contributed by atoms with Gasteiger partial charge in [-0.15, -0.1) is 0 Å². The van der Waals surface area contributed by atoms with Gasteiger partial charge in [-0.1, -0.05) is 41.4 Å². The van der Waals surface area contributed by atoms with Crippen LogP contribution in [-0.2, 0) is 0 Å². The van der Waals surface area contributed by atoms with Gasteiger partial charge in [0.05, 0.1) is 16.2 Å². The van der Waals surface area contributed by atoms with Crippen LogP contribution in [0.3, 0.4) is 0 Å². The summed E-state index contributed by atoms with van der Waals surface area (Å²) >= 11 is 12.4. The van der Waals surface area contributed by atoms with Crippen molar-refractivity contribution in [2.24, 2.45) is 0 Å². The predicted octanol–water partition coefficient (Wildman–Crippen LogP) is 4.91. The molecule has 3 aromatic rings. The van der Waals surface area contributed by atoms with E-state index in [2.05, 4.69) is 9.97 Å². The van der Waals surface area contributed by atoms with Crippen LogP contribution in [-0.4, -0.2) is 9.97 Å². The molecule has 0 amide bonds. The van der Waals surface area contributed by atoms with Crippen molar-refractivity contribution in [3.63, 3.8) is 0 Å². The Kier molecular flexibility index (Phi) is 3.13. The largest absolute Gasteiger partial charge is 0.259 e. The third-order valence-electron chi connectivity index (χ3n) is 3.01. The molecule has 3 rings (SSSR count). The SMILES string of the molecule is Cc1ncc(-c2cc3ccccc3nc2Cl)cc1Cl. The summed E-state index contributed by atoms with van der Waals surface area (Å²) < 4.78 is 0. The van der Waals surface area contributed by atoms with E-state index in [4.69, 9.17) is 23.2 Å². The van der Waals surface area contributed by atoms with Gasteiger partial charge >= 0.3 is 0 Å². The summed E-state index contributed by atoms with van der Waals surface area (Å²) in [5.74, 6) is 0. The molecule has 0 N–H and O–H groups in total. The molecule has 0 spiro atoms. The molecule has 0 atom stereocenters. The molecule has 0 radical (unpaired) electrons. The van der Waals surface area contributed by atoms with E-state index in [0.29, 0.717) is 10.2 Å². The van der Waals surface area contributed by atoms with Crippen molar-refractivity contribution >= 4 is 34.1 Å². The van der Waals surface area contributed by atoms with Crippen LogP contribution in [0.25, 0.3) is 22.0 Å². The summed E-state index contributed by atoms with van der Waals surface area (Å²) in [6.07, 6.45) is 1.76. The monoisotopic (exact) mass is 288 g/mol. The molecule has 0 bridgehead atoms. The van der Waals surface area contributed by atoms with Crippen LogP contribution in [0, 0.1) is 6.92 Å². The van der Waals surface area contributed by atoms with Gasteiger partial charge in [-0.3, -0.25) is 4.98 Å². The van der Waals surface area contributed by atoms with E-state index in [1.165, 1.54) is 0 Å². The maximum Gasteiger partial charge on any atom is 0.137 e. The number of hydrogen-bond acceptors (Lipinski definition) is 2. The van der Waals surface area contributed by atoms with Crippen LogP contribution in [0.2, 0.25) is 10.2 Å². The highest BCUT2D eigenvalue weighted by atomic mass is 35.5. The summed E-state index contributed by atoms with van der Waals surface area (Å²) in [7, 11) is 0. The molecule has 4 heteroatoms. The van der Waals surface area contributed by atoms with E-state index >= 15 is 0 Å². The average Bonchev–Trinajstić information content (AvgIpc) is 2.41. The Morgan fingerprint density at radius 1 is 1.05 bits per heavy atom. The number of para-hydroxylation sites is 1. The Bertz CT molecular complexity index is 769. The highest BCUT2D eigenvalue weighted by molar-refractivity contribution is 6.33. The number of pyridine rings is 2. The Labute approximate surface area is 121 Å². The fourth-order valence-corrected chi connectivity index (χ4v) is 2.37. The minimum absolute atomic E-state index is 0.459. The number of nitrogens with zero attached hydrogens (tertiary/aromatic N) is 2. The molecular formula is C15H10Cl2N2. The first kappa shape index (κ1) is 12.4. The lowest BCUT2D eigenvalue weighted by Crippen LogP contribution is -1.89. The average molecular weight is 289 g/mol. The molecule has 0 fully saturated rings. The van der Waals surface area contributed by atoms with Crippen molar-refractivity contribution in [2.45, 2.75) is 6.92 Å². The maximum atomic E-state index is 6.25. The Morgan fingerprint density at radius 3 is 2.63 bits per heavy atom. The fourth-order valence-electron chi connectivity index (χ4n) is 1.95. The van der Waals surface area contributed by atoms with Gasteiger partial charge in [-0.05, 0) is 25.1 Å². The second kappa shape index (κ2) is 4.80. The molecule has 2 nitrogen and oxygen atoms in total. The Morgan fingerprint density at radius 2 is 1.84 bits per heavy atom. The normalized spacial score (nSPS) is 10.9. The van der Waals surface area contributed by atoms with Crippen LogP contribution in [0.1, 0.15) is 5.69 Å². The van der Waals surface area contributed by atoms with E-state index < -0.39 is 0 Å². The third-order valence-corrected chi connectivity index (χ3v) is 3.68. The number of hydrogen-bond donors (Lipinski definition) is 0.